The van der Waals surface area contributed by atoms with Crippen LogP contribution >= 0.6 is 23.4 Å². The molecular formula is C25H20ClNO3S. The van der Waals surface area contributed by atoms with Crippen molar-refractivity contribution < 1.29 is 14.3 Å². The van der Waals surface area contributed by atoms with Crippen molar-refractivity contribution in [1.29, 1.82) is 0 Å². The van der Waals surface area contributed by atoms with Crippen LogP contribution in [0.25, 0.3) is 6.08 Å². The molecule has 0 N–H and O–H groups in total. The normalized spacial score (nSPS) is 15.0. The second kappa shape index (κ2) is 9.41. The Labute approximate surface area is 190 Å². The Hall–Kier alpha value is -3.02. The Morgan fingerprint density at radius 3 is 2.45 bits per heavy atom. The smallest absolute Gasteiger partial charge is 0.293 e. The van der Waals surface area contributed by atoms with Gasteiger partial charge in [0.2, 0.25) is 0 Å². The third-order valence-corrected chi connectivity index (χ3v) is 6.16. The van der Waals surface area contributed by atoms with Crippen LogP contribution < -0.4 is 4.74 Å². The van der Waals surface area contributed by atoms with E-state index < -0.39 is 0 Å². The molecule has 0 unspecified atom stereocenters. The molecule has 1 aliphatic rings. The number of para-hydroxylation sites is 1. The van der Waals surface area contributed by atoms with Crippen LogP contribution in [-0.2, 0) is 17.9 Å². The van der Waals surface area contributed by atoms with Gasteiger partial charge in [0.1, 0.15) is 12.4 Å². The number of thioether (sulfide) groups is 1. The molecule has 31 heavy (non-hydrogen) atoms. The van der Waals surface area contributed by atoms with Gasteiger partial charge in [0.25, 0.3) is 11.1 Å². The predicted octanol–water partition coefficient (Wildman–Crippen LogP) is 6.46. The number of aryl methyl sites for hydroxylation is 1. The van der Waals surface area contributed by atoms with Gasteiger partial charge in [-0.05, 0) is 42.5 Å². The number of benzene rings is 3. The van der Waals surface area contributed by atoms with E-state index in [-0.39, 0.29) is 17.7 Å². The van der Waals surface area contributed by atoms with Gasteiger partial charge in [-0.3, -0.25) is 14.5 Å². The minimum absolute atomic E-state index is 0.257. The monoisotopic (exact) mass is 449 g/mol. The summed E-state index contributed by atoms with van der Waals surface area (Å²) in [6.07, 6.45) is 1.71. The Bertz CT molecular complexity index is 1160. The lowest BCUT2D eigenvalue weighted by Gasteiger charge is -2.13. The third kappa shape index (κ3) is 5.01. The minimum Gasteiger partial charge on any atom is -0.488 e. The maximum Gasteiger partial charge on any atom is 0.293 e. The average molecular weight is 450 g/mol. The molecule has 156 valence electrons. The van der Waals surface area contributed by atoms with E-state index in [1.165, 1.54) is 4.90 Å². The van der Waals surface area contributed by atoms with Gasteiger partial charge in [-0.25, -0.2) is 0 Å². The van der Waals surface area contributed by atoms with Gasteiger partial charge in [-0.2, -0.15) is 0 Å². The van der Waals surface area contributed by atoms with Gasteiger partial charge in [0.15, 0.2) is 0 Å². The van der Waals surface area contributed by atoms with Gasteiger partial charge in [0.05, 0.1) is 11.4 Å². The molecule has 4 nitrogen and oxygen atoms in total. The van der Waals surface area contributed by atoms with E-state index in [2.05, 4.69) is 0 Å². The largest absolute Gasteiger partial charge is 0.488 e. The van der Waals surface area contributed by atoms with E-state index in [0.29, 0.717) is 22.3 Å². The van der Waals surface area contributed by atoms with E-state index in [1.54, 1.807) is 6.08 Å². The second-order valence-corrected chi connectivity index (χ2v) is 8.57. The number of carbonyl (C=O) groups excluding carboxylic acids is 2. The van der Waals surface area contributed by atoms with Crippen molar-refractivity contribution in [2.75, 3.05) is 0 Å². The van der Waals surface area contributed by atoms with Crippen LogP contribution in [0.1, 0.15) is 22.3 Å². The Morgan fingerprint density at radius 2 is 1.68 bits per heavy atom. The molecule has 1 saturated heterocycles. The number of amides is 2. The maximum atomic E-state index is 12.9. The number of hydrogen-bond acceptors (Lipinski definition) is 4. The molecule has 3 aromatic rings. The van der Waals surface area contributed by atoms with Gasteiger partial charge in [0, 0.05) is 16.1 Å². The van der Waals surface area contributed by atoms with Gasteiger partial charge < -0.3 is 4.74 Å². The minimum atomic E-state index is -0.295. The average Bonchev–Trinajstić information content (AvgIpc) is 3.03. The fourth-order valence-corrected chi connectivity index (χ4v) is 4.18. The highest BCUT2D eigenvalue weighted by Gasteiger charge is 2.35. The Kier molecular flexibility index (Phi) is 6.44. The van der Waals surface area contributed by atoms with Crippen LogP contribution in [-0.4, -0.2) is 16.0 Å². The van der Waals surface area contributed by atoms with Crippen LogP contribution in [0, 0.1) is 6.92 Å². The lowest BCUT2D eigenvalue weighted by molar-refractivity contribution is -0.123. The number of carbonyl (C=O) groups is 2. The molecule has 2 amide bonds. The van der Waals surface area contributed by atoms with Crippen molar-refractivity contribution in [3.8, 4) is 5.75 Å². The predicted molar refractivity (Wildman–Crippen MR) is 125 cm³/mol. The number of rotatable bonds is 6. The van der Waals surface area contributed by atoms with Crippen molar-refractivity contribution in [1.82, 2.24) is 4.90 Å². The molecule has 1 fully saturated rings. The first kappa shape index (κ1) is 21.2. The molecule has 0 bridgehead atoms. The van der Waals surface area contributed by atoms with Gasteiger partial charge >= 0.3 is 0 Å². The summed E-state index contributed by atoms with van der Waals surface area (Å²) in [4.78, 5) is 27.0. The summed E-state index contributed by atoms with van der Waals surface area (Å²) in [7, 11) is 0. The second-order valence-electron chi connectivity index (χ2n) is 7.17. The lowest BCUT2D eigenvalue weighted by Crippen LogP contribution is -2.27. The topological polar surface area (TPSA) is 46.6 Å². The zero-order valence-corrected chi connectivity index (χ0v) is 18.5. The first-order valence-electron chi connectivity index (χ1n) is 9.77. The standard InChI is InChI=1S/C25H20ClNO3S/c1-17-10-12-18(13-11-17)15-27-24(28)23(31-25(27)29)14-19-6-3-5-9-22(19)30-16-20-7-2-4-8-21(20)26/h2-14H,15-16H2,1H3/b23-14-. The molecule has 0 atom stereocenters. The summed E-state index contributed by atoms with van der Waals surface area (Å²) in [6.45, 7) is 2.56. The van der Waals surface area contributed by atoms with Crippen LogP contribution in [0.2, 0.25) is 5.02 Å². The molecule has 6 heteroatoms. The fourth-order valence-electron chi connectivity index (χ4n) is 3.16. The first-order valence-corrected chi connectivity index (χ1v) is 11.0. The SMILES string of the molecule is Cc1ccc(CN2C(=O)S/C(=C\c3ccccc3OCc3ccccc3Cl)C2=O)cc1. The molecule has 0 spiro atoms. The van der Waals surface area contributed by atoms with Crippen LogP contribution in [0.3, 0.4) is 0 Å². The highest BCUT2D eigenvalue weighted by molar-refractivity contribution is 8.18. The van der Waals surface area contributed by atoms with Crippen LogP contribution in [0.5, 0.6) is 5.75 Å². The van der Waals surface area contributed by atoms with Crippen molar-refractivity contribution in [2.45, 2.75) is 20.1 Å². The number of ether oxygens (including phenoxy) is 1. The van der Waals surface area contributed by atoms with Gasteiger partial charge in [-0.15, -0.1) is 0 Å². The lowest BCUT2D eigenvalue weighted by atomic mass is 10.1. The highest BCUT2D eigenvalue weighted by Crippen LogP contribution is 2.35. The first-order chi connectivity index (χ1) is 15.0. The molecule has 0 radical (unpaired) electrons. The van der Waals surface area contributed by atoms with Crippen molar-refractivity contribution in [2.24, 2.45) is 0 Å². The Balaban J connectivity index is 1.52. The third-order valence-electron chi connectivity index (χ3n) is 4.88. The molecule has 1 aliphatic heterocycles. The summed E-state index contributed by atoms with van der Waals surface area (Å²) in [5, 5.41) is 0.364. The van der Waals surface area contributed by atoms with E-state index in [4.69, 9.17) is 16.3 Å². The van der Waals surface area contributed by atoms with Crippen molar-refractivity contribution in [3.63, 3.8) is 0 Å². The summed E-state index contributed by atoms with van der Waals surface area (Å²) in [5.41, 5.74) is 3.65. The molecule has 3 aromatic carbocycles. The van der Waals surface area contributed by atoms with Gasteiger partial charge in [-0.1, -0.05) is 77.8 Å². The maximum absolute atomic E-state index is 12.9. The quantitative estimate of drug-likeness (QED) is 0.405. The highest BCUT2D eigenvalue weighted by atomic mass is 35.5. The zero-order valence-electron chi connectivity index (χ0n) is 16.9. The summed E-state index contributed by atoms with van der Waals surface area (Å²) < 4.78 is 5.96. The summed E-state index contributed by atoms with van der Waals surface area (Å²) >= 11 is 7.16. The number of halogens is 1. The van der Waals surface area contributed by atoms with Crippen LogP contribution in [0.4, 0.5) is 4.79 Å². The van der Waals surface area contributed by atoms with E-state index in [1.807, 2.05) is 79.7 Å². The summed E-state index contributed by atoms with van der Waals surface area (Å²) in [5.74, 6) is 0.323. The van der Waals surface area contributed by atoms with E-state index in [0.717, 1.165) is 34.0 Å². The fraction of sp³-hybridized carbons (Fsp3) is 0.120. The number of nitrogens with zero attached hydrogens (tertiary/aromatic N) is 1. The number of imide groups is 1. The number of hydrogen-bond donors (Lipinski definition) is 0. The zero-order chi connectivity index (χ0) is 21.8. The van der Waals surface area contributed by atoms with Crippen molar-refractivity contribution in [3.05, 3.63) is 105 Å². The van der Waals surface area contributed by atoms with Crippen LogP contribution in [0.15, 0.2) is 77.7 Å². The molecule has 4 rings (SSSR count). The molecule has 1 heterocycles. The van der Waals surface area contributed by atoms with E-state index in [9.17, 15) is 9.59 Å². The molecule has 0 saturated carbocycles. The van der Waals surface area contributed by atoms with Crippen molar-refractivity contribution >= 4 is 40.6 Å². The molecule has 0 aliphatic carbocycles. The molecular weight excluding hydrogens is 430 g/mol. The van der Waals surface area contributed by atoms with E-state index >= 15 is 0 Å². The molecule has 0 aromatic heterocycles. The Morgan fingerprint density at radius 1 is 0.968 bits per heavy atom. The summed E-state index contributed by atoms with van der Waals surface area (Å²) in [6, 6.07) is 22.7.